The molecule has 0 N–H and O–H groups in total. The largest absolute Gasteiger partial charge is 0.463 e. The van der Waals surface area contributed by atoms with Gasteiger partial charge in [0.1, 0.15) is 12.7 Å². The van der Waals surface area contributed by atoms with Crippen LogP contribution >= 0.6 is 0 Å². The highest BCUT2D eigenvalue weighted by molar-refractivity contribution is 5.69. The summed E-state index contributed by atoms with van der Waals surface area (Å²) in [7, 11) is 0. The first-order valence-electron chi connectivity index (χ1n) is 8.62. The highest BCUT2D eigenvalue weighted by Gasteiger charge is 2.29. The zero-order valence-corrected chi connectivity index (χ0v) is 14.0. The second-order valence-electron chi connectivity index (χ2n) is 5.90. The predicted octanol–water partition coefficient (Wildman–Crippen LogP) is 3.39. The SMILES string of the molecule is CCCCCC(=O)OCC1CC(OC(=O)CCCCC)CO1. The van der Waals surface area contributed by atoms with Crippen molar-refractivity contribution >= 4 is 11.9 Å². The van der Waals surface area contributed by atoms with E-state index in [2.05, 4.69) is 13.8 Å². The van der Waals surface area contributed by atoms with Crippen molar-refractivity contribution < 1.29 is 23.8 Å². The van der Waals surface area contributed by atoms with Crippen LogP contribution in [0.4, 0.5) is 0 Å². The van der Waals surface area contributed by atoms with E-state index in [4.69, 9.17) is 14.2 Å². The Morgan fingerprint density at radius 1 is 1.00 bits per heavy atom. The molecule has 0 bridgehead atoms. The Balaban J connectivity index is 2.09. The molecule has 128 valence electrons. The number of hydrogen-bond donors (Lipinski definition) is 0. The normalized spacial score (nSPS) is 20.8. The summed E-state index contributed by atoms with van der Waals surface area (Å²) in [6, 6.07) is 0. The van der Waals surface area contributed by atoms with E-state index in [-0.39, 0.29) is 30.8 Å². The van der Waals surface area contributed by atoms with Crippen LogP contribution in [0.2, 0.25) is 0 Å². The smallest absolute Gasteiger partial charge is 0.306 e. The predicted molar refractivity (Wildman–Crippen MR) is 83.5 cm³/mol. The van der Waals surface area contributed by atoms with Crippen molar-refractivity contribution in [3.63, 3.8) is 0 Å². The lowest BCUT2D eigenvalue weighted by molar-refractivity contribution is -0.149. The quantitative estimate of drug-likeness (QED) is 0.432. The maximum absolute atomic E-state index is 11.6. The third-order valence-corrected chi connectivity index (χ3v) is 3.74. The molecule has 1 aliphatic rings. The van der Waals surface area contributed by atoms with Crippen LogP contribution in [-0.4, -0.2) is 37.4 Å². The number of ether oxygens (including phenoxy) is 3. The van der Waals surface area contributed by atoms with Gasteiger partial charge in [0.05, 0.1) is 12.7 Å². The van der Waals surface area contributed by atoms with Gasteiger partial charge >= 0.3 is 11.9 Å². The third kappa shape index (κ3) is 8.37. The van der Waals surface area contributed by atoms with Gasteiger partial charge in [-0.1, -0.05) is 39.5 Å². The number of carbonyl (C=O) groups is 2. The lowest BCUT2D eigenvalue weighted by Crippen LogP contribution is -2.20. The first-order valence-corrected chi connectivity index (χ1v) is 8.62. The minimum atomic E-state index is -0.196. The van der Waals surface area contributed by atoms with E-state index >= 15 is 0 Å². The molecule has 0 aliphatic carbocycles. The molecule has 5 heteroatoms. The van der Waals surface area contributed by atoms with Gasteiger partial charge in [-0.3, -0.25) is 9.59 Å². The average molecular weight is 314 g/mol. The molecule has 1 rings (SSSR count). The Morgan fingerprint density at radius 2 is 1.64 bits per heavy atom. The maximum Gasteiger partial charge on any atom is 0.306 e. The summed E-state index contributed by atoms with van der Waals surface area (Å²) in [6.07, 6.45) is 7.23. The van der Waals surface area contributed by atoms with Crippen LogP contribution in [0.25, 0.3) is 0 Å². The summed E-state index contributed by atoms with van der Waals surface area (Å²) < 4.78 is 16.1. The van der Waals surface area contributed by atoms with Crippen molar-refractivity contribution in [1.29, 1.82) is 0 Å². The van der Waals surface area contributed by atoms with Crippen molar-refractivity contribution in [2.45, 2.75) is 83.8 Å². The molecule has 0 amide bonds. The molecule has 1 aliphatic heterocycles. The highest BCUT2D eigenvalue weighted by atomic mass is 16.6. The highest BCUT2D eigenvalue weighted by Crippen LogP contribution is 2.18. The Hall–Kier alpha value is -1.10. The minimum Gasteiger partial charge on any atom is -0.463 e. The van der Waals surface area contributed by atoms with Crippen molar-refractivity contribution in [1.82, 2.24) is 0 Å². The maximum atomic E-state index is 11.6. The van der Waals surface area contributed by atoms with E-state index in [0.29, 0.717) is 25.9 Å². The summed E-state index contributed by atoms with van der Waals surface area (Å²) >= 11 is 0. The van der Waals surface area contributed by atoms with E-state index in [1.807, 2.05) is 0 Å². The zero-order valence-electron chi connectivity index (χ0n) is 14.0. The Kier molecular flexibility index (Phi) is 9.87. The summed E-state index contributed by atoms with van der Waals surface area (Å²) in [4.78, 5) is 23.1. The van der Waals surface area contributed by atoms with Gasteiger partial charge < -0.3 is 14.2 Å². The lowest BCUT2D eigenvalue weighted by Gasteiger charge is -2.11. The fraction of sp³-hybridized carbons (Fsp3) is 0.882. The number of rotatable bonds is 11. The van der Waals surface area contributed by atoms with Gasteiger partial charge in [0.25, 0.3) is 0 Å². The molecule has 0 aromatic rings. The van der Waals surface area contributed by atoms with Gasteiger partial charge in [0.15, 0.2) is 0 Å². The first-order chi connectivity index (χ1) is 10.7. The van der Waals surface area contributed by atoms with E-state index in [9.17, 15) is 9.59 Å². The molecule has 0 saturated carbocycles. The van der Waals surface area contributed by atoms with Gasteiger partial charge in [-0.05, 0) is 12.8 Å². The molecule has 0 spiro atoms. The number of carbonyl (C=O) groups excluding carboxylic acids is 2. The fourth-order valence-electron chi connectivity index (χ4n) is 2.41. The van der Waals surface area contributed by atoms with Crippen LogP contribution in [0.15, 0.2) is 0 Å². The van der Waals surface area contributed by atoms with E-state index in [1.165, 1.54) is 0 Å². The molecule has 1 fully saturated rings. The lowest BCUT2D eigenvalue weighted by atomic mass is 10.2. The van der Waals surface area contributed by atoms with Gasteiger partial charge in [-0.15, -0.1) is 0 Å². The molecule has 22 heavy (non-hydrogen) atoms. The van der Waals surface area contributed by atoms with E-state index in [0.717, 1.165) is 38.5 Å². The van der Waals surface area contributed by atoms with Gasteiger partial charge in [-0.2, -0.15) is 0 Å². The van der Waals surface area contributed by atoms with Crippen molar-refractivity contribution in [3.05, 3.63) is 0 Å². The van der Waals surface area contributed by atoms with E-state index in [1.54, 1.807) is 0 Å². The summed E-state index contributed by atoms with van der Waals surface area (Å²) in [6.45, 7) is 4.86. The third-order valence-electron chi connectivity index (χ3n) is 3.74. The van der Waals surface area contributed by atoms with Crippen LogP contribution in [-0.2, 0) is 23.8 Å². The molecule has 1 saturated heterocycles. The fourth-order valence-corrected chi connectivity index (χ4v) is 2.41. The van der Waals surface area contributed by atoms with Gasteiger partial charge in [-0.25, -0.2) is 0 Å². The number of esters is 2. The molecule has 0 aromatic carbocycles. The van der Waals surface area contributed by atoms with Crippen molar-refractivity contribution in [2.75, 3.05) is 13.2 Å². The van der Waals surface area contributed by atoms with Crippen molar-refractivity contribution in [3.8, 4) is 0 Å². The monoisotopic (exact) mass is 314 g/mol. The molecular weight excluding hydrogens is 284 g/mol. The summed E-state index contributed by atoms with van der Waals surface area (Å²) in [5, 5.41) is 0. The molecule has 5 nitrogen and oxygen atoms in total. The molecule has 2 unspecified atom stereocenters. The summed E-state index contributed by atoms with van der Waals surface area (Å²) in [5.41, 5.74) is 0. The second kappa shape index (κ2) is 11.5. The molecule has 1 heterocycles. The second-order valence-corrected chi connectivity index (χ2v) is 5.90. The zero-order chi connectivity index (χ0) is 16.2. The standard InChI is InChI=1S/C17H30O5/c1-3-5-7-9-16(18)21-12-14-11-15(13-20-14)22-17(19)10-8-6-4-2/h14-15H,3-13H2,1-2H3. The van der Waals surface area contributed by atoms with Crippen LogP contribution in [0.5, 0.6) is 0 Å². The number of hydrogen-bond acceptors (Lipinski definition) is 5. The topological polar surface area (TPSA) is 61.8 Å². The van der Waals surface area contributed by atoms with Crippen LogP contribution < -0.4 is 0 Å². The van der Waals surface area contributed by atoms with E-state index < -0.39 is 0 Å². The van der Waals surface area contributed by atoms with Crippen molar-refractivity contribution in [2.24, 2.45) is 0 Å². The average Bonchev–Trinajstić information content (AvgIpc) is 2.93. The van der Waals surface area contributed by atoms with Gasteiger partial charge in [0.2, 0.25) is 0 Å². The minimum absolute atomic E-state index is 0.149. The Labute approximate surface area is 133 Å². The van der Waals surface area contributed by atoms with Crippen LogP contribution in [0, 0.1) is 0 Å². The summed E-state index contributed by atoms with van der Waals surface area (Å²) in [5.74, 6) is -0.323. The molecule has 2 atom stereocenters. The number of unbranched alkanes of at least 4 members (excludes halogenated alkanes) is 4. The molecule has 0 radical (unpaired) electrons. The molecular formula is C17H30O5. The van der Waals surface area contributed by atoms with Gasteiger partial charge in [0, 0.05) is 19.3 Å². The van der Waals surface area contributed by atoms with Crippen LogP contribution in [0.3, 0.4) is 0 Å². The van der Waals surface area contributed by atoms with Crippen LogP contribution in [0.1, 0.15) is 71.6 Å². The molecule has 0 aromatic heterocycles. The first kappa shape index (κ1) is 18.9. The Bertz CT molecular complexity index is 329. The Morgan fingerprint density at radius 3 is 2.27 bits per heavy atom.